The van der Waals surface area contributed by atoms with Crippen LogP contribution in [0.2, 0.25) is 0 Å². The summed E-state index contributed by atoms with van der Waals surface area (Å²) in [6.07, 6.45) is 1.49. The van der Waals surface area contributed by atoms with Gasteiger partial charge >= 0.3 is 0 Å². The van der Waals surface area contributed by atoms with E-state index in [0.717, 1.165) is 0 Å². The molecule has 0 saturated carbocycles. The summed E-state index contributed by atoms with van der Waals surface area (Å²) >= 11 is 0. The third-order valence-corrected chi connectivity index (χ3v) is 4.08. The highest BCUT2D eigenvalue weighted by atomic mass is 32.2. The van der Waals surface area contributed by atoms with Crippen LogP contribution in [0, 0.1) is 0 Å². The van der Waals surface area contributed by atoms with Gasteiger partial charge in [0.25, 0.3) is 0 Å². The first-order valence-electron chi connectivity index (χ1n) is 5.81. The Morgan fingerprint density at radius 3 is 2.50 bits per heavy atom. The number of furan rings is 1. The molecule has 1 N–H and O–H groups in total. The molecule has 0 aliphatic heterocycles. The summed E-state index contributed by atoms with van der Waals surface area (Å²) in [5, 5.41) is 0. The number of benzene rings is 1. The normalized spacial score (nSPS) is 11.3. The maximum Gasteiger partial charge on any atom is 0.241 e. The van der Waals surface area contributed by atoms with Crippen molar-refractivity contribution in [1.82, 2.24) is 4.72 Å². The summed E-state index contributed by atoms with van der Waals surface area (Å²) in [6.45, 7) is 0.0870. The topological polar surface area (TPSA) is 77.8 Å². The summed E-state index contributed by atoms with van der Waals surface area (Å²) in [5.74, 6) is 1.36. The van der Waals surface area contributed by atoms with E-state index in [-0.39, 0.29) is 11.4 Å². The molecule has 1 aromatic carbocycles. The van der Waals surface area contributed by atoms with Crippen LogP contribution >= 0.6 is 0 Å². The van der Waals surface area contributed by atoms with Crippen LogP contribution in [-0.2, 0) is 16.6 Å². The third kappa shape index (κ3) is 3.12. The van der Waals surface area contributed by atoms with Gasteiger partial charge in [0.05, 0.1) is 31.9 Å². The van der Waals surface area contributed by atoms with Gasteiger partial charge in [-0.1, -0.05) is 0 Å². The van der Waals surface area contributed by atoms with E-state index in [0.29, 0.717) is 17.3 Å². The molecule has 108 valence electrons. The minimum atomic E-state index is -3.64. The molecule has 20 heavy (non-hydrogen) atoms. The third-order valence-electron chi connectivity index (χ3n) is 2.68. The Bertz CT molecular complexity index is 664. The molecule has 0 radical (unpaired) electrons. The smallest absolute Gasteiger partial charge is 0.241 e. The fourth-order valence-corrected chi connectivity index (χ4v) is 2.65. The van der Waals surface area contributed by atoms with Gasteiger partial charge in [-0.3, -0.25) is 0 Å². The maximum atomic E-state index is 12.1. The Morgan fingerprint density at radius 2 is 1.90 bits per heavy atom. The average Bonchev–Trinajstić information content (AvgIpc) is 2.97. The summed E-state index contributed by atoms with van der Waals surface area (Å²) in [7, 11) is -0.703. The minimum Gasteiger partial charge on any atom is -0.493 e. The molecule has 0 unspecified atom stereocenters. The zero-order chi connectivity index (χ0) is 14.6. The van der Waals surface area contributed by atoms with Gasteiger partial charge in [-0.25, -0.2) is 13.1 Å². The van der Waals surface area contributed by atoms with E-state index in [1.54, 1.807) is 18.2 Å². The summed E-state index contributed by atoms with van der Waals surface area (Å²) in [4.78, 5) is 0.0988. The van der Waals surface area contributed by atoms with E-state index in [1.165, 1.54) is 32.6 Å². The molecule has 0 amide bonds. The van der Waals surface area contributed by atoms with Crippen molar-refractivity contribution >= 4 is 10.0 Å². The van der Waals surface area contributed by atoms with Crippen LogP contribution in [0.4, 0.5) is 0 Å². The predicted octanol–water partition coefficient (Wildman–Crippen LogP) is 1.78. The molecule has 0 atom stereocenters. The SMILES string of the molecule is COc1ccc(S(=O)(=O)NCc2ccco2)cc1OC. The van der Waals surface area contributed by atoms with Crippen molar-refractivity contribution in [2.75, 3.05) is 14.2 Å². The fraction of sp³-hybridized carbons (Fsp3) is 0.231. The first-order chi connectivity index (χ1) is 9.56. The van der Waals surface area contributed by atoms with Gasteiger partial charge in [-0.05, 0) is 24.3 Å². The van der Waals surface area contributed by atoms with Gasteiger partial charge in [0.2, 0.25) is 10.0 Å². The van der Waals surface area contributed by atoms with E-state index in [2.05, 4.69) is 4.72 Å². The number of sulfonamides is 1. The molecule has 0 spiro atoms. The Hall–Kier alpha value is -1.99. The molecule has 0 aliphatic carbocycles. The molecule has 0 saturated heterocycles. The Labute approximate surface area is 117 Å². The van der Waals surface area contributed by atoms with Gasteiger partial charge in [-0.15, -0.1) is 0 Å². The largest absolute Gasteiger partial charge is 0.493 e. The van der Waals surface area contributed by atoms with E-state index in [9.17, 15) is 8.42 Å². The van der Waals surface area contributed by atoms with E-state index in [4.69, 9.17) is 13.9 Å². The molecule has 2 aromatic rings. The second kappa shape index (κ2) is 5.98. The lowest BCUT2D eigenvalue weighted by Gasteiger charge is -2.10. The molecule has 2 rings (SSSR count). The maximum absolute atomic E-state index is 12.1. The highest BCUT2D eigenvalue weighted by molar-refractivity contribution is 7.89. The number of methoxy groups -OCH3 is 2. The average molecular weight is 297 g/mol. The van der Waals surface area contributed by atoms with Crippen molar-refractivity contribution < 1.29 is 22.3 Å². The summed E-state index contributed by atoms with van der Waals surface area (Å²) in [6, 6.07) is 7.78. The standard InChI is InChI=1S/C13H15NO5S/c1-17-12-6-5-11(8-13(12)18-2)20(15,16)14-9-10-4-3-7-19-10/h3-8,14H,9H2,1-2H3. The van der Waals surface area contributed by atoms with Gasteiger partial charge in [0.15, 0.2) is 11.5 Å². The number of hydrogen-bond donors (Lipinski definition) is 1. The lowest BCUT2D eigenvalue weighted by Crippen LogP contribution is -2.23. The quantitative estimate of drug-likeness (QED) is 0.879. The van der Waals surface area contributed by atoms with Gasteiger partial charge < -0.3 is 13.9 Å². The van der Waals surface area contributed by atoms with E-state index >= 15 is 0 Å². The molecule has 6 nitrogen and oxygen atoms in total. The summed E-state index contributed by atoms with van der Waals surface area (Å²) in [5.41, 5.74) is 0. The monoisotopic (exact) mass is 297 g/mol. The molecular formula is C13H15NO5S. The zero-order valence-electron chi connectivity index (χ0n) is 11.1. The first-order valence-corrected chi connectivity index (χ1v) is 7.29. The van der Waals surface area contributed by atoms with Crippen LogP contribution in [0.5, 0.6) is 11.5 Å². The number of nitrogens with one attached hydrogen (secondary N) is 1. The van der Waals surface area contributed by atoms with Gasteiger partial charge in [0.1, 0.15) is 5.76 Å². The second-order valence-electron chi connectivity index (χ2n) is 3.92. The van der Waals surface area contributed by atoms with Crippen LogP contribution in [0.15, 0.2) is 45.9 Å². The fourth-order valence-electron chi connectivity index (χ4n) is 1.65. The Balaban J connectivity index is 2.20. The Kier molecular flexibility index (Phi) is 4.31. The lowest BCUT2D eigenvalue weighted by molar-refractivity contribution is 0.354. The van der Waals surface area contributed by atoms with Crippen LogP contribution < -0.4 is 14.2 Å². The number of rotatable bonds is 6. The van der Waals surface area contributed by atoms with E-state index < -0.39 is 10.0 Å². The van der Waals surface area contributed by atoms with Crippen molar-refractivity contribution in [1.29, 1.82) is 0 Å². The van der Waals surface area contributed by atoms with Crippen molar-refractivity contribution in [2.45, 2.75) is 11.4 Å². The number of hydrogen-bond acceptors (Lipinski definition) is 5. The van der Waals surface area contributed by atoms with E-state index in [1.807, 2.05) is 0 Å². The molecule has 1 aromatic heterocycles. The predicted molar refractivity (Wildman–Crippen MR) is 72.3 cm³/mol. The van der Waals surface area contributed by atoms with Crippen molar-refractivity contribution in [3.05, 3.63) is 42.4 Å². The van der Waals surface area contributed by atoms with Crippen LogP contribution in [-0.4, -0.2) is 22.6 Å². The highest BCUT2D eigenvalue weighted by Crippen LogP contribution is 2.29. The summed E-state index contributed by atoms with van der Waals surface area (Å²) < 4.78 is 42.0. The van der Waals surface area contributed by atoms with Crippen LogP contribution in [0.1, 0.15) is 5.76 Å². The first kappa shape index (κ1) is 14.4. The van der Waals surface area contributed by atoms with Gasteiger partial charge in [0, 0.05) is 6.07 Å². The second-order valence-corrected chi connectivity index (χ2v) is 5.69. The number of ether oxygens (including phenoxy) is 2. The van der Waals surface area contributed by atoms with Gasteiger partial charge in [-0.2, -0.15) is 0 Å². The molecule has 0 aliphatic rings. The van der Waals surface area contributed by atoms with Crippen LogP contribution in [0.3, 0.4) is 0 Å². The Morgan fingerprint density at radius 1 is 1.15 bits per heavy atom. The molecule has 7 heteroatoms. The van der Waals surface area contributed by atoms with Crippen molar-refractivity contribution in [2.24, 2.45) is 0 Å². The van der Waals surface area contributed by atoms with Crippen molar-refractivity contribution in [3.63, 3.8) is 0 Å². The molecular weight excluding hydrogens is 282 g/mol. The highest BCUT2D eigenvalue weighted by Gasteiger charge is 2.17. The van der Waals surface area contributed by atoms with Crippen LogP contribution in [0.25, 0.3) is 0 Å². The molecule has 1 heterocycles. The van der Waals surface area contributed by atoms with Crippen molar-refractivity contribution in [3.8, 4) is 11.5 Å². The lowest BCUT2D eigenvalue weighted by atomic mass is 10.3. The zero-order valence-corrected chi connectivity index (χ0v) is 11.9. The molecule has 0 fully saturated rings. The minimum absolute atomic E-state index is 0.0870. The molecule has 0 bridgehead atoms.